The van der Waals surface area contributed by atoms with Gasteiger partial charge in [0.1, 0.15) is 5.75 Å². The number of thiazole rings is 1. The van der Waals surface area contributed by atoms with Crippen LogP contribution in [0.15, 0.2) is 42.5 Å². The van der Waals surface area contributed by atoms with Crippen LogP contribution in [0.3, 0.4) is 0 Å². The van der Waals surface area contributed by atoms with Gasteiger partial charge in [-0.1, -0.05) is 23.5 Å². The molecule has 0 aliphatic carbocycles. The van der Waals surface area contributed by atoms with Crippen LogP contribution in [-0.4, -0.2) is 17.5 Å². The molecule has 0 spiro atoms. The number of anilines is 1. The van der Waals surface area contributed by atoms with E-state index in [1.54, 1.807) is 24.3 Å². The Kier molecular flexibility index (Phi) is 4.06. The number of amides is 1. The van der Waals surface area contributed by atoms with Gasteiger partial charge in [-0.2, -0.15) is 0 Å². The number of nitrogens with zero attached hydrogens (tertiary/aromatic N) is 1. The van der Waals surface area contributed by atoms with Gasteiger partial charge in [0.15, 0.2) is 5.13 Å². The van der Waals surface area contributed by atoms with E-state index in [9.17, 15) is 4.79 Å². The fraction of sp³-hybridized carbons (Fsp3) is 0.176. The lowest BCUT2D eigenvalue weighted by molar-refractivity contribution is 0.102. The maximum Gasteiger partial charge on any atom is 0.257 e. The molecular formula is C17H16N2O2S. The third-order valence-electron chi connectivity index (χ3n) is 3.27. The maximum atomic E-state index is 12.3. The zero-order chi connectivity index (χ0) is 15.5. The van der Waals surface area contributed by atoms with Crippen LogP contribution in [-0.2, 0) is 0 Å². The molecule has 0 atom stereocenters. The first-order chi connectivity index (χ1) is 10.7. The van der Waals surface area contributed by atoms with Crippen molar-refractivity contribution >= 4 is 32.6 Å². The molecule has 0 radical (unpaired) electrons. The normalized spacial score (nSPS) is 10.6. The summed E-state index contributed by atoms with van der Waals surface area (Å²) in [5.74, 6) is 0.592. The van der Waals surface area contributed by atoms with Gasteiger partial charge in [0.2, 0.25) is 0 Å². The second-order valence-electron chi connectivity index (χ2n) is 4.85. The number of carbonyl (C=O) groups excluding carboxylic acids is 1. The van der Waals surface area contributed by atoms with Gasteiger partial charge >= 0.3 is 0 Å². The number of rotatable bonds is 4. The van der Waals surface area contributed by atoms with Gasteiger partial charge in [-0.25, -0.2) is 4.98 Å². The Labute approximate surface area is 132 Å². The van der Waals surface area contributed by atoms with Gasteiger partial charge in [0, 0.05) is 5.56 Å². The van der Waals surface area contributed by atoms with Crippen molar-refractivity contribution in [2.75, 3.05) is 11.9 Å². The predicted octanol–water partition coefficient (Wildman–Crippen LogP) is 4.26. The number of hydrogen-bond acceptors (Lipinski definition) is 4. The molecule has 5 heteroatoms. The summed E-state index contributed by atoms with van der Waals surface area (Å²) in [7, 11) is 0. The quantitative estimate of drug-likeness (QED) is 0.783. The Bertz CT molecular complexity index is 809. The molecule has 0 unspecified atom stereocenters. The average molecular weight is 312 g/mol. The predicted molar refractivity (Wildman–Crippen MR) is 89.9 cm³/mol. The van der Waals surface area contributed by atoms with Crippen molar-refractivity contribution in [3.63, 3.8) is 0 Å². The molecule has 1 aromatic heterocycles. The summed E-state index contributed by atoms with van der Waals surface area (Å²) in [6.07, 6.45) is 0. The number of aryl methyl sites for hydroxylation is 1. The van der Waals surface area contributed by atoms with Crippen LogP contribution in [0, 0.1) is 6.92 Å². The lowest BCUT2D eigenvalue weighted by Gasteiger charge is -2.04. The number of para-hydroxylation sites is 1. The van der Waals surface area contributed by atoms with Gasteiger partial charge in [0.05, 0.1) is 16.8 Å². The molecule has 4 nitrogen and oxygen atoms in total. The molecule has 2 aromatic carbocycles. The number of aromatic nitrogens is 1. The zero-order valence-corrected chi connectivity index (χ0v) is 13.2. The van der Waals surface area contributed by atoms with Crippen molar-refractivity contribution in [3.05, 3.63) is 53.6 Å². The molecule has 0 fully saturated rings. The van der Waals surface area contributed by atoms with E-state index >= 15 is 0 Å². The van der Waals surface area contributed by atoms with Crippen molar-refractivity contribution in [1.82, 2.24) is 4.98 Å². The molecule has 112 valence electrons. The van der Waals surface area contributed by atoms with E-state index in [2.05, 4.69) is 10.3 Å². The lowest BCUT2D eigenvalue weighted by atomic mass is 10.2. The van der Waals surface area contributed by atoms with Gasteiger partial charge in [0.25, 0.3) is 5.91 Å². The molecule has 1 N–H and O–H groups in total. The third kappa shape index (κ3) is 2.94. The molecule has 0 aliphatic heterocycles. The molecule has 0 bridgehead atoms. The summed E-state index contributed by atoms with van der Waals surface area (Å²) in [6, 6.07) is 13.1. The molecule has 3 aromatic rings. The maximum absolute atomic E-state index is 12.3. The summed E-state index contributed by atoms with van der Waals surface area (Å²) in [5, 5.41) is 3.47. The Hall–Kier alpha value is -2.40. The Morgan fingerprint density at radius 2 is 2.00 bits per heavy atom. The Morgan fingerprint density at radius 3 is 2.68 bits per heavy atom. The van der Waals surface area contributed by atoms with Gasteiger partial charge in [-0.15, -0.1) is 0 Å². The average Bonchev–Trinajstić information content (AvgIpc) is 2.92. The lowest BCUT2D eigenvalue weighted by Crippen LogP contribution is -2.11. The highest BCUT2D eigenvalue weighted by Gasteiger charge is 2.11. The monoisotopic (exact) mass is 312 g/mol. The van der Waals surface area contributed by atoms with Crippen molar-refractivity contribution < 1.29 is 9.53 Å². The molecule has 1 amide bonds. The third-order valence-corrected chi connectivity index (χ3v) is 4.20. The summed E-state index contributed by atoms with van der Waals surface area (Å²) >= 11 is 1.48. The second kappa shape index (κ2) is 6.15. The smallest absolute Gasteiger partial charge is 0.257 e. The first-order valence-electron chi connectivity index (χ1n) is 7.07. The van der Waals surface area contributed by atoms with Crippen molar-refractivity contribution in [1.29, 1.82) is 0 Å². The molecular weight excluding hydrogens is 296 g/mol. The number of nitrogens with one attached hydrogen (secondary N) is 1. The van der Waals surface area contributed by atoms with E-state index in [1.807, 2.05) is 32.0 Å². The summed E-state index contributed by atoms with van der Waals surface area (Å²) in [6.45, 7) is 4.55. The molecule has 0 saturated carbocycles. The molecule has 3 rings (SSSR count). The standard InChI is InChI=1S/C17H16N2O2S/c1-3-21-13-9-7-12(8-10-13)16(20)19-17-18-15-11(2)5-4-6-14(15)22-17/h4-10H,3H2,1-2H3,(H,18,19,20). The summed E-state index contributed by atoms with van der Waals surface area (Å²) in [4.78, 5) is 16.7. The number of fused-ring (bicyclic) bond motifs is 1. The van der Waals surface area contributed by atoms with Gasteiger partial charge in [-0.05, 0) is 49.7 Å². The fourth-order valence-corrected chi connectivity index (χ4v) is 3.12. The largest absolute Gasteiger partial charge is 0.494 e. The Morgan fingerprint density at radius 1 is 1.23 bits per heavy atom. The topological polar surface area (TPSA) is 51.2 Å². The number of benzene rings is 2. The molecule has 22 heavy (non-hydrogen) atoms. The highest BCUT2D eigenvalue weighted by Crippen LogP contribution is 2.28. The van der Waals surface area contributed by atoms with Crippen molar-refractivity contribution in [2.45, 2.75) is 13.8 Å². The zero-order valence-electron chi connectivity index (χ0n) is 12.4. The number of ether oxygens (including phenoxy) is 1. The van der Waals surface area contributed by atoms with Crippen molar-refractivity contribution in [2.24, 2.45) is 0 Å². The summed E-state index contributed by atoms with van der Waals surface area (Å²) < 4.78 is 6.44. The van der Waals surface area contributed by atoms with E-state index < -0.39 is 0 Å². The molecule has 1 heterocycles. The van der Waals surface area contributed by atoms with E-state index in [4.69, 9.17) is 4.74 Å². The second-order valence-corrected chi connectivity index (χ2v) is 5.88. The highest BCUT2D eigenvalue weighted by molar-refractivity contribution is 7.22. The van der Waals surface area contributed by atoms with E-state index in [1.165, 1.54) is 11.3 Å². The van der Waals surface area contributed by atoms with Crippen LogP contribution >= 0.6 is 11.3 Å². The minimum atomic E-state index is -0.167. The van der Waals surface area contributed by atoms with Crippen molar-refractivity contribution in [3.8, 4) is 5.75 Å². The van der Waals surface area contributed by atoms with Crippen LogP contribution in [0.1, 0.15) is 22.8 Å². The first-order valence-corrected chi connectivity index (χ1v) is 7.89. The number of carbonyl (C=O) groups is 1. The van der Waals surface area contributed by atoms with E-state index in [-0.39, 0.29) is 5.91 Å². The highest BCUT2D eigenvalue weighted by atomic mass is 32.1. The van der Waals surface area contributed by atoms with Crippen LogP contribution in [0.25, 0.3) is 10.2 Å². The van der Waals surface area contributed by atoms with E-state index in [0.717, 1.165) is 21.5 Å². The van der Waals surface area contributed by atoms with Crippen LogP contribution in [0.5, 0.6) is 5.75 Å². The number of hydrogen-bond donors (Lipinski definition) is 1. The SMILES string of the molecule is CCOc1ccc(C(=O)Nc2nc3c(C)cccc3s2)cc1. The molecule has 0 aliphatic rings. The minimum absolute atomic E-state index is 0.167. The van der Waals surface area contributed by atoms with Gasteiger partial charge < -0.3 is 4.74 Å². The Balaban J connectivity index is 1.79. The van der Waals surface area contributed by atoms with Crippen LogP contribution in [0.2, 0.25) is 0 Å². The minimum Gasteiger partial charge on any atom is -0.494 e. The molecule has 0 saturated heterocycles. The first kappa shape index (κ1) is 14.5. The van der Waals surface area contributed by atoms with Crippen LogP contribution < -0.4 is 10.1 Å². The van der Waals surface area contributed by atoms with E-state index in [0.29, 0.717) is 17.3 Å². The summed E-state index contributed by atoms with van der Waals surface area (Å²) in [5.41, 5.74) is 2.63. The fourth-order valence-electron chi connectivity index (χ4n) is 2.18. The van der Waals surface area contributed by atoms with Crippen LogP contribution in [0.4, 0.5) is 5.13 Å². The van der Waals surface area contributed by atoms with Gasteiger partial charge in [-0.3, -0.25) is 10.1 Å².